The van der Waals surface area contributed by atoms with Crippen molar-refractivity contribution in [2.75, 3.05) is 0 Å². The Morgan fingerprint density at radius 2 is 2.15 bits per heavy atom. The first kappa shape index (κ1) is 10.2. The Morgan fingerprint density at radius 3 is 2.69 bits per heavy atom. The molecule has 0 heterocycles. The molecule has 13 heavy (non-hydrogen) atoms. The fourth-order valence-electron chi connectivity index (χ4n) is 1.10. The number of carbonyl (C=O) groups excluding carboxylic acids is 1. The van der Waals surface area contributed by atoms with E-state index >= 15 is 0 Å². The van der Waals surface area contributed by atoms with Gasteiger partial charge in [0.2, 0.25) is 0 Å². The van der Waals surface area contributed by atoms with Crippen molar-refractivity contribution in [2.24, 2.45) is 0 Å². The number of hydrogen-bond acceptors (Lipinski definition) is 1. The summed E-state index contributed by atoms with van der Waals surface area (Å²) in [5, 5.41) is -0.740. The number of halogens is 2. The minimum absolute atomic E-state index is 0.171. The summed E-state index contributed by atoms with van der Waals surface area (Å²) in [7, 11) is 0. The quantitative estimate of drug-likeness (QED) is 0.671. The molecule has 1 unspecified atom stereocenters. The minimum atomic E-state index is -0.740. The molecule has 3 heteroatoms. The van der Waals surface area contributed by atoms with E-state index in [-0.39, 0.29) is 11.6 Å². The van der Waals surface area contributed by atoms with E-state index in [0.717, 1.165) is 5.56 Å². The summed E-state index contributed by atoms with van der Waals surface area (Å²) in [6.07, 6.45) is 0. The standard InChI is InChI=1S/C10H10ClFO/c1-6-3-4-8(12)5-9(6)10(11)7(2)13/h3-5,10H,1-2H3. The lowest BCUT2D eigenvalue weighted by Crippen LogP contribution is -2.03. The van der Waals surface area contributed by atoms with E-state index in [4.69, 9.17) is 11.6 Å². The van der Waals surface area contributed by atoms with Crippen LogP contribution in [0.3, 0.4) is 0 Å². The van der Waals surface area contributed by atoms with Crippen molar-refractivity contribution in [3.05, 3.63) is 35.1 Å². The van der Waals surface area contributed by atoms with E-state index in [9.17, 15) is 9.18 Å². The summed E-state index contributed by atoms with van der Waals surface area (Å²) >= 11 is 5.80. The average molecular weight is 201 g/mol. The lowest BCUT2D eigenvalue weighted by Gasteiger charge is -2.09. The molecule has 0 aliphatic heterocycles. The number of benzene rings is 1. The predicted octanol–water partition coefficient (Wildman–Crippen LogP) is 3.00. The molecule has 0 bridgehead atoms. The van der Waals surface area contributed by atoms with Gasteiger partial charge in [-0.25, -0.2) is 4.39 Å². The highest BCUT2D eigenvalue weighted by molar-refractivity contribution is 6.30. The van der Waals surface area contributed by atoms with Crippen LogP contribution in [0.4, 0.5) is 4.39 Å². The van der Waals surface area contributed by atoms with Crippen molar-refractivity contribution >= 4 is 17.4 Å². The predicted molar refractivity (Wildman–Crippen MR) is 50.4 cm³/mol. The van der Waals surface area contributed by atoms with Gasteiger partial charge in [0.25, 0.3) is 0 Å². The third-order valence-corrected chi connectivity index (χ3v) is 2.41. The number of aryl methyl sites for hydroxylation is 1. The van der Waals surface area contributed by atoms with Crippen LogP contribution in [-0.2, 0) is 4.79 Å². The molecule has 1 nitrogen and oxygen atoms in total. The van der Waals surface area contributed by atoms with Gasteiger partial charge in [0.1, 0.15) is 11.2 Å². The molecule has 0 saturated carbocycles. The molecule has 0 aliphatic carbocycles. The number of carbonyl (C=O) groups is 1. The van der Waals surface area contributed by atoms with E-state index in [1.165, 1.54) is 19.1 Å². The maximum atomic E-state index is 12.8. The Morgan fingerprint density at radius 1 is 1.54 bits per heavy atom. The van der Waals surface area contributed by atoms with E-state index in [1.807, 2.05) is 0 Å². The highest BCUT2D eigenvalue weighted by Gasteiger charge is 2.15. The maximum Gasteiger partial charge on any atom is 0.152 e. The zero-order valence-electron chi connectivity index (χ0n) is 7.47. The molecule has 0 spiro atoms. The normalized spacial score (nSPS) is 12.6. The van der Waals surface area contributed by atoms with Gasteiger partial charge in [-0.15, -0.1) is 11.6 Å². The van der Waals surface area contributed by atoms with Crippen molar-refractivity contribution in [1.29, 1.82) is 0 Å². The van der Waals surface area contributed by atoms with Gasteiger partial charge in [-0.2, -0.15) is 0 Å². The third-order valence-electron chi connectivity index (χ3n) is 1.87. The number of alkyl halides is 1. The van der Waals surface area contributed by atoms with Crippen LogP contribution in [-0.4, -0.2) is 5.78 Å². The van der Waals surface area contributed by atoms with Gasteiger partial charge < -0.3 is 0 Å². The van der Waals surface area contributed by atoms with Crippen LogP contribution in [0.25, 0.3) is 0 Å². The first-order chi connectivity index (χ1) is 6.02. The molecule has 0 amide bonds. The Balaban J connectivity index is 3.12. The Kier molecular flexibility index (Phi) is 3.04. The molecular weight excluding hydrogens is 191 g/mol. The largest absolute Gasteiger partial charge is 0.298 e. The number of ketones is 1. The molecule has 1 rings (SSSR count). The molecular formula is C10H10ClFO. The number of hydrogen-bond donors (Lipinski definition) is 0. The van der Waals surface area contributed by atoms with Gasteiger partial charge in [-0.05, 0) is 37.1 Å². The van der Waals surface area contributed by atoms with E-state index in [0.29, 0.717) is 5.56 Å². The van der Waals surface area contributed by atoms with Crippen molar-refractivity contribution in [3.8, 4) is 0 Å². The summed E-state index contributed by atoms with van der Waals surface area (Å²) in [6, 6.07) is 4.26. The van der Waals surface area contributed by atoms with Crippen LogP contribution in [0, 0.1) is 12.7 Å². The smallest absolute Gasteiger partial charge is 0.152 e. The highest BCUT2D eigenvalue weighted by Crippen LogP contribution is 2.25. The fourth-order valence-corrected chi connectivity index (χ4v) is 1.34. The van der Waals surface area contributed by atoms with Crippen molar-refractivity contribution < 1.29 is 9.18 Å². The van der Waals surface area contributed by atoms with E-state index < -0.39 is 5.38 Å². The molecule has 0 fully saturated rings. The number of rotatable bonds is 2. The Bertz CT molecular complexity index is 336. The second kappa shape index (κ2) is 3.88. The maximum absolute atomic E-state index is 12.8. The lowest BCUT2D eigenvalue weighted by atomic mass is 10.0. The van der Waals surface area contributed by atoms with E-state index in [2.05, 4.69) is 0 Å². The highest BCUT2D eigenvalue weighted by atomic mass is 35.5. The molecule has 70 valence electrons. The monoisotopic (exact) mass is 200 g/mol. The summed E-state index contributed by atoms with van der Waals surface area (Å²) in [5.74, 6) is -0.539. The SMILES string of the molecule is CC(=O)C(Cl)c1cc(F)ccc1C. The summed E-state index contributed by atoms with van der Waals surface area (Å²) in [6.45, 7) is 3.19. The van der Waals surface area contributed by atoms with Gasteiger partial charge in [-0.3, -0.25) is 4.79 Å². The minimum Gasteiger partial charge on any atom is -0.298 e. The van der Waals surface area contributed by atoms with Crippen LogP contribution >= 0.6 is 11.6 Å². The summed E-state index contributed by atoms with van der Waals surface area (Å²) < 4.78 is 12.8. The molecule has 0 saturated heterocycles. The number of Topliss-reactive ketones (excluding diaryl/α,β-unsaturated/α-hetero) is 1. The summed E-state index contributed by atoms with van der Waals surface area (Å²) in [5.41, 5.74) is 1.38. The van der Waals surface area contributed by atoms with E-state index in [1.54, 1.807) is 13.0 Å². The van der Waals surface area contributed by atoms with Crippen molar-refractivity contribution in [2.45, 2.75) is 19.2 Å². The summed E-state index contributed by atoms with van der Waals surface area (Å²) in [4.78, 5) is 11.0. The van der Waals surface area contributed by atoms with Crippen LogP contribution in [0.5, 0.6) is 0 Å². The Labute approximate surface area is 81.5 Å². The first-order valence-electron chi connectivity index (χ1n) is 3.93. The van der Waals surface area contributed by atoms with Gasteiger partial charge in [0.05, 0.1) is 0 Å². The lowest BCUT2D eigenvalue weighted by molar-refractivity contribution is -0.116. The third kappa shape index (κ3) is 2.28. The fraction of sp³-hybridized carbons (Fsp3) is 0.300. The topological polar surface area (TPSA) is 17.1 Å². The molecule has 0 N–H and O–H groups in total. The van der Waals surface area contributed by atoms with Gasteiger partial charge >= 0.3 is 0 Å². The first-order valence-corrected chi connectivity index (χ1v) is 4.36. The van der Waals surface area contributed by atoms with Crippen LogP contribution < -0.4 is 0 Å². The molecule has 1 aromatic rings. The van der Waals surface area contributed by atoms with Crippen molar-refractivity contribution in [3.63, 3.8) is 0 Å². The Hall–Kier alpha value is -0.890. The molecule has 0 aliphatic rings. The van der Waals surface area contributed by atoms with Gasteiger partial charge in [0, 0.05) is 0 Å². The van der Waals surface area contributed by atoms with Gasteiger partial charge in [0.15, 0.2) is 5.78 Å². The van der Waals surface area contributed by atoms with Crippen molar-refractivity contribution in [1.82, 2.24) is 0 Å². The molecule has 1 atom stereocenters. The zero-order valence-corrected chi connectivity index (χ0v) is 8.23. The zero-order chi connectivity index (χ0) is 10.0. The molecule has 1 aromatic carbocycles. The second-order valence-electron chi connectivity index (χ2n) is 2.97. The molecule has 0 radical (unpaired) electrons. The average Bonchev–Trinajstić information content (AvgIpc) is 2.08. The van der Waals surface area contributed by atoms with Crippen LogP contribution in [0.2, 0.25) is 0 Å². The van der Waals surface area contributed by atoms with Gasteiger partial charge in [-0.1, -0.05) is 6.07 Å². The van der Waals surface area contributed by atoms with Crippen LogP contribution in [0.1, 0.15) is 23.4 Å². The second-order valence-corrected chi connectivity index (χ2v) is 3.41. The van der Waals surface area contributed by atoms with Crippen LogP contribution in [0.15, 0.2) is 18.2 Å². The molecule has 0 aromatic heterocycles.